The van der Waals surface area contributed by atoms with Crippen LogP contribution in [-0.4, -0.2) is 19.1 Å². The Labute approximate surface area is 79.8 Å². The molecule has 0 aromatic heterocycles. The van der Waals surface area contributed by atoms with E-state index in [1.807, 2.05) is 0 Å². The zero-order valence-electron chi connectivity index (χ0n) is 8.34. The van der Waals surface area contributed by atoms with E-state index in [1.54, 1.807) is 0 Å². The van der Waals surface area contributed by atoms with Crippen molar-refractivity contribution < 1.29 is 9.53 Å². The Hall–Kier alpha value is -0.610. The van der Waals surface area contributed by atoms with Crippen molar-refractivity contribution in [2.24, 2.45) is 5.84 Å². The van der Waals surface area contributed by atoms with Crippen molar-refractivity contribution in [2.45, 2.75) is 39.0 Å². The van der Waals surface area contributed by atoms with Crippen molar-refractivity contribution in [1.29, 1.82) is 0 Å². The molecule has 0 amide bonds. The summed E-state index contributed by atoms with van der Waals surface area (Å²) in [7, 11) is 0. The molecule has 0 heterocycles. The van der Waals surface area contributed by atoms with Gasteiger partial charge in [-0.1, -0.05) is 26.2 Å². The van der Waals surface area contributed by atoms with Crippen LogP contribution >= 0.6 is 0 Å². The number of carbonyl (C=O) groups is 1. The molecule has 0 saturated heterocycles. The number of hydrogen-bond donors (Lipinski definition) is 2. The molecule has 13 heavy (non-hydrogen) atoms. The number of ether oxygens (including phenoxy) is 1. The van der Waals surface area contributed by atoms with Crippen LogP contribution in [0, 0.1) is 0 Å². The third-order valence-corrected chi connectivity index (χ3v) is 1.74. The van der Waals surface area contributed by atoms with Gasteiger partial charge in [0, 0.05) is 13.0 Å². The Balaban J connectivity index is 3.11. The van der Waals surface area contributed by atoms with Crippen LogP contribution in [0.5, 0.6) is 0 Å². The second kappa shape index (κ2) is 9.48. The van der Waals surface area contributed by atoms with Gasteiger partial charge in [-0.3, -0.25) is 16.1 Å². The maximum Gasteiger partial charge on any atom is 0.305 e. The highest BCUT2D eigenvalue weighted by Crippen LogP contribution is 2.02. The molecule has 0 aliphatic heterocycles. The third-order valence-electron chi connectivity index (χ3n) is 1.74. The maximum absolute atomic E-state index is 11.0. The summed E-state index contributed by atoms with van der Waals surface area (Å²) in [6.45, 7) is 3.02. The number of esters is 1. The van der Waals surface area contributed by atoms with E-state index >= 15 is 0 Å². The van der Waals surface area contributed by atoms with Crippen molar-refractivity contribution >= 4 is 5.97 Å². The quantitative estimate of drug-likeness (QED) is 0.258. The molecular formula is C9H20N2O2. The van der Waals surface area contributed by atoms with Crippen LogP contribution in [0.4, 0.5) is 0 Å². The number of unbranched alkanes of at least 4 members (excludes halogenated alkanes) is 3. The minimum Gasteiger partial charge on any atom is -0.464 e. The van der Waals surface area contributed by atoms with E-state index in [9.17, 15) is 4.79 Å². The average Bonchev–Trinajstić information content (AvgIpc) is 2.13. The summed E-state index contributed by atoms with van der Waals surface area (Å²) in [4.78, 5) is 11.0. The van der Waals surface area contributed by atoms with Gasteiger partial charge >= 0.3 is 5.97 Å². The lowest BCUT2D eigenvalue weighted by atomic mass is 10.2. The van der Waals surface area contributed by atoms with E-state index in [2.05, 4.69) is 12.3 Å². The lowest BCUT2D eigenvalue weighted by Crippen LogP contribution is -2.27. The number of rotatable bonds is 8. The summed E-state index contributed by atoms with van der Waals surface area (Å²) in [6, 6.07) is 0. The lowest BCUT2D eigenvalue weighted by Gasteiger charge is -2.03. The minimum absolute atomic E-state index is 0.119. The molecule has 0 spiro atoms. The SMILES string of the molecule is CCCCCCC(=O)OCCNN. The maximum atomic E-state index is 11.0. The summed E-state index contributed by atoms with van der Waals surface area (Å²) in [6.07, 6.45) is 4.96. The van der Waals surface area contributed by atoms with Crippen LogP contribution in [0.3, 0.4) is 0 Å². The average molecular weight is 188 g/mol. The zero-order valence-corrected chi connectivity index (χ0v) is 8.34. The Bertz CT molecular complexity index is 129. The van der Waals surface area contributed by atoms with Crippen molar-refractivity contribution in [2.75, 3.05) is 13.2 Å². The highest BCUT2D eigenvalue weighted by molar-refractivity contribution is 5.69. The zero-order chi connectivity index (χ0) is 9.94. The first-order valence-electron chi connectivity index (χ1n) is 4.90. The van der Waals surface area contributed by atoms with E-state index in [4.69, 9.17) is 10.6 Å². The standard InChI is InChI=1S/C9H20N2O2/c1-2-3-4-5-6-9(12)13-8-7-11-10/h11H,2-8,10H2,1H3. The fourth-order valence-corrected chi connectivity index (χ4v) is 0.992. The van der Waals surface area contributed by atoms with Gasteiger partial charge in [-0.25, -0.2) is 0 Å². The first-order valence-corrected chi connectivity index (χ1v) is 4.90. The number of hydrogen-bond acceptors (Lipinski definition) is 4. The predicted octanol–water partition coefficient (Wildman–Crippen LogP) is 0.963. The van der Waals surface area contributed by atoms with E-state index in [-0.39, 0.29) is 5.97 Å². The fraction of sp³-hybridized carbons (Fsp3) is 0.889. The van der Waals surface area contributed by atoms with E-state index in [0.717, 1.165) is 12.8 Å². The first-order chi connectivity index (χ1) is 6.31. The first kappa shape index (κ1) is 12.4. The number of nitrogens with one attached hydrogen (secondary N) is 1. The summed E-state index contributed by atoms with van der Waals surface area (Å²) in [5.74, 6) is 4.89. The topological polar surface area (TPSA) is 64.3 Å². The summed E-state index contributed by atoms with van der Waals surface area (Å²) in [5.41, 5.74) is 2.42. The van der Waals surface area contributed by atoms with Crippen LogP contribution in [0.1, 0.15) is 39.0 Å². The van der Waals surface area contributed by atoms with E-state index in [0.29, 0.717) is 19.6 Å². The fourth-order valence-electron chi connectivity index (χ4n) is 0.992. The number of carbonyl (C=O) groups excluding carboxylic acids is 1. The molecule has 0 saturated carbocycles. The Morgan fingerprint density at radius 3 is 2.77 bits per heavy atom. The second-order valence-electron chi connectivity index (χ2n) is 2.99. The van der Waals surface area contributed by atoms with Crippen molar-refractivity contribution in [3.05, 3.63) is 0 Å². The molecule has 3 N–H and O–H groups in total. The molecular weight excluding hydrogens is 168 g/mol. The molecule has 4 nitrogen and oxygen atoms in total. The van der Waals surface area contributed by atoms with Crippen molar-refractivity contribution in [3.8, 4) is 0 Å². The van der Waals surface area contributed by atoms with Crippen molar-refractivity contribution in [1.82, 2.24) is 5.43 Å². The highest BCUT2D eigenvalue weighted by atomic mass is 16.5. The van der Waals surface area contributed by atoms with Gasteiger partial charge in [0.25, 0.3) is 0 Å². The molecule has 4 heteroatoms. The second-order valence-corrected chi connectivity index (χ2v) is 2.99. The van der Waals surface area contributed by atoms with Gasteiger partial charge in [0.05, 0.1) is 0 Å². The van der Waals surface area contributed by atoms with Crippen LogP contribution in [0.2, 0.25) is 0 Å². The molecule has 0 rings (SSSR count). The smallest absolute Gasteiger partial charge is 0.305 e. The number of hydrazine groups is 1. The van der Waals surface area contributed by atoms with Gasteiger partial charge < -0.3 is 4.74 Å². The Morgan fingerprint density at radius 1 is 1.38 bits per heavy atom. The molecule has 0 unspecified atom stereocenters. The molecule has 0 atom stereocenters. The van der Waals surface area contributed by atoms with Gasteiger partial charge in [0.15, 0.2) is 0 Å². The molecule has 0 fully saturated rings. The summed E-state index contributed by atoms with van der Waals surface area (Å²) in [5, 5.41) is 0. The molecule has 0 aromatic carbocycles. The number of nitrogens with two attached hydrogens (primary N) is 1. The van der Waals surface area contributed by atoms with Crippen LogP contribution in [0.15, 0.2) is 0 Å². The minimum atomic E-state index is -0.119. The Morgan fingerprint density at radius 2 is 2.15 bits per heavy atom. The lowest BCUT2D eigenvalue weighted by molar-refractivity contribution is -0.143. The van der Waals surface area contributed by atoms with Gasteiger partial charge in [-0.15, -0.1) is 0 Å². The predicted molar refractivity (Wildman–Crippen MR) is 51.9 cm³/mol. The van der Waals surface area contributed by atoms with E-state index in [1.165, 1.54) is 12.8 Å². The van der Waals surface area contributed by atoms with Crippen LogP contribution in [0.25, 0.3) is 0 Å². The van der Waals surface area contributed by atoms with Crippen LogP contribution < -0.4 is 11.3 Å². The molecule has 0 aliphatic carbocycles. The Kier molecular flexibility index (Phi) is 9.03. The highest BCUT2D eigenvalue weighted by Gasteiger charge is 2.00. The van der Waals surface area contributed by atoms with Gasteiger partial charge in [-0.05, 0) is 6.42 Å². The van der Waals surface area contributed by atoms with Crippen LogP contribution in [-0.2, 0) is 9.53 Å². The molecule has 0 bridgehead atoms. The van der Waals surface area contributed by atoms with Crippen molar-refractivity contribution in [3.63, 3.8) is 0 Å². The molecule has 0 aromatic rings. The summed E-state index contributed by atoms with van der Waals surface area (Å²) < 4.78 is 4.88. The van der Waals surface area contributed by atoms with Gasteiger partial charge in [0.2, 0.25) is 0 Å². The third kappa shape index (κ3) is 9.30. The monoisotopic (exact) mass is 188 g/mol. The molecule has 78 valence electrons. The summed E-state index contributed by atoms with van der Waals surface area (Å²) >= 11 is 0. The van der Waals surface area contributed by atoms with Gasteiger partial charge in [0.1, 0.15) is 6.61 Å². The van der Waals surface area contributed by atoms with E-state index < -0.39 is 0 Å². The molecule has 0 radical (unpaired) electrons. The molecule has 0 aliphatic rings. The van der Waals surface area contributed by atoms with Gasteiger partial charge in [-0.2, -0.15) is 0 Å². The largest absolute Gasteiger partial charge is 0.464 e. The normalized spacial score (nSPS) is 10.0.